The summed E-state index contributed by atoms with van der Waals surface area (Å²) < 4.78 is 41.0. The maximum atomic E-state index is 12.5. The summed E-state index contributed by atoms with van der Waals surface area (Å²) in [5.74, 6) is 0.643. The van der Waals surface area contributed by atoms with Gasteiger partial charge in [-0.3, -0.25) is 4.79 Å². The molecule has 7 heteroatoms. The molecule has 2 fully saturated rings. The number of nitrogens with zero attached hydrogens (tertiary/aromatic N) is 1. The summed E-state index contributed by atoms with van der Waals surface area (Å²) in [5, 5.41) is 3.23. The number of rotatable bonds is 3. The summed E-state index contributed by atoms with van der Waals surface area (Å²) in [4.78, 5) is 14.2. The van der Waals surface area contributed by atoms with Gasteiger partial charge in [-0.15, -0.1) is 0 Å². The number of ether oxygens (including phenoxy) is 1. The van der Waals surface area contributed by atoms with Crippen molar-refractivity contribution in [2.45, 2.75) is 12.6 Å². The standard InChI is InChI=1S/C15H17F3N2O2/c16-15(17,18)9-22-12-3-1-11(2-4-12)20-6-5-10-7-19-8-13(10)14(20)21/h1-4,10,13,19H,5-9H2/t10-,13?/m1/s1. The summed E-state index contributed by atoms with van der Waals surface area (Å²) >= 11 is 0. The Hall–Kier alpha value is -1.76. The Balaban J connectivity index is 1.66. The first-order valence-electron chi connectivity index (χ1n) is 7.26. The molecule has 2 aliphatic heterocycles. The van der Waals surface area contributed by atoms with Gasteiger partial charge in [-0.25, -0.2) is 0 Å². The van der Waals surface area contributed by atoms with Crippen LogP contribution in [0.4, 0.5) is 18.9 Å². The minimum Gasteiger partial charge on any atom is -0.484 e. The van der Waals surface area contributed by atoms with E-state index in [2.05, 4.69) is 10.1 Å². The van der Waals surface area contributed by atoms with Crippen LogP contribution in [0.25, 0.3) is 0 Å². The summed E-state index contributed by atoms with van der Waals surface area (Å²) in [6.07, 6.45) is -3.41. The SMILES string of the molecule is O=C1C2CNC[C@H]2CCN1c1ccc(OCC(F)(F)F)cc1. The van der Waals surface area contributed by atoms with E-state index in [0.29, 0.717) is 24.7 Å². The predicted molar refractivity (Wildman–Crippen MR) is 74.8 cm³/mol. The van der Waals surface area contributed by atoms with Gasteiger partial charge in [0, 0.05) is 18.8 Å². The zero-order valence-electron chi connectivity index (χ0n) is 11.9. The van der Waals surface area contributed by atoms with Gasteiger partial charge in [0.25, 0.3) is 0 Å². The van der Waals surface area contributed by atoms with Crippen molar-refractivity contribution in [3.05, 3.63) is 24.3 Å². The minimum atomic E-state index is -4.36. The fourth-order valence-corrected chi connectivity index (χ4v) is 3.07. The molecule has 120 valence electrons. The van der Waals surface area contributed by atoms with E-state index in [9.17, 15) is 18.0 Å². The molecule has 22 heavy (non-hydrogen) atoms. The lowest BCUT2D eigenvalue weighted by atomic mass is 9.87. The van der Waals surface area contributed by atoms with Crippen molar-refractivity contribution >= 4 is 11.6 Å². The van der Waals surface area contributed by atoms with Crippen molar-refractivity contribution < 1.29 is 22.7 Å². The maximum absolute atomic E-state index is 12.5. The molecule has 1 N–H and O–H groups in total. The van der Waals surface area contributed by atoms with Crippen molar-refractivity contribution in [1.29, 1.82) is 0 Å². The molecule has 0 aliphatic carbocycles. The van der Waals surface area contributed by atoms with Gasteiger partial charge in [-0.1, -0.05) is 0 Å². The quantitative estimate of drug-likeness (QED) is 0.930. The topological polar surface area (TPSA) is 41.6 Å². The Labute approximate surface area is 126 Å². The normalized spacial score (nSPS) is 25.2. The van der Waals surface area contributed by atoms with Crippen molar-refractivity contribution in [3.63, 3.8) is 0 Å². The van der Waals surface area contributed by atoms with Crippen molar-refractivity contribution in [1.82, 2.24) is 5.32 Å². The lowest BCUT2D eigenvalue weighted by Gasteiger charge is -2.34. The zero-order valence-corrected chi connectivity index (χ0v) is 11.9. The van der Waals surface area contributed by atoms with Crippen LogP contribution in [0, 0.1) is 11.8 Å². The van der Waals surface area contributed by atoms with Gasteiger partial charge in [-0.2, -0.15) is 13.2 Å². The molecule has 1 aromatic rings. The van der Waals surface area contributed by atoms with Crippen molar-refractivity contribution in [3.8, 4) is 5.75 Å². The minimum absolute atomic E-state index is 0.00917. The molecule has 1 amide bonds. The Morgan fingerprint density at radius 3 is 2.64 bits per heavy atom. The number of benzene rings is 1. The molecule has 1 aromatic carbocycles. The first-order chi connectivity index (χ1) is 10.4. The molecule has 2 heterocycles. The van der Waals surface area contributed by atoms with E-state index < -0.39 is 12.8 Å². The second-order valence-corrected chi connectivity index (χ2v) is 5.70. The first-order valence-corrected chi connectivity index (χ1v) is 7.26. The Bertz CT molecular complexity index is 545. The van der Waals surface area contributed by atoms with Crippen LogP contribution in [0.3, 0.4) is 0 Å². The number of anilines is 1. The molecular formula is C15H17F3N2O2. The van der Waals surface area contributed by atoms with E-state index in [1.165, 1.54) is 12.1 Å². The average molecular weight is 314 g/mol. The number of halogens is 3. The number of carbonyl (C=O) groups excluding carboxylic acids is 1. The van der Waals surface area contributed by atoms with Gasteiger partial charge in [0.15, 0.2) is 6.61 Å². The fourth-order valence-electron chi connectivity index (χ4n) is 3.07. The zero-order chi connectivity index (χ0) is 15.7. The Morgan fingerprint density at radius 2 is 1.95 bits per heavy atom. The van der Waals surface area contributed by atoms with Gasteiger partial charge in [0.05, 0.1) is 5.92 Å². The largest absolute Gasteiger partial charge is 0.484 e. The molecule has 2 aliphatic rings. The molecule has 0 bridgehead atoms. The number of amides is 1. The van der Waals surface area contributed by atoms with Crippen LogP contribution in [0.5, 0.6) is 5.75 Å². The number of piperidine rings is 1. The monoisotopic (exact) mass is 314 g/mol. The highest BCUT2D eigenvalue weighted by molar-refractivity contribution is 5.96. The van der Waals surface area contributed by atoms with Crippen LogP contribution in [0.2, 0.25) is 0 Å². The summed E-state index contributed by atoms with van der Waals surface area (Å²) in [7, 11) is 0. The Morgan fingerprint density at radius 1 is 1.23 bits per heavy atom. The molecule has 0 saturated carbocycles. The fraction of sp³-hybridized carbons (Fsp3) is 0.533. The van der Waals surface area contributed by atoms with E-state index in [1.807, 2.05) is 0 Å². The van der Waals surface area contributed by atoms with E-state index in [4.69, 9.17) is 0 Å². The van der Waals surface area contributed by atoms with Crippen molar-refractivity contribution in [2.24, 2.45) is 11.8 Å². The van der Waals surface area contributed by atoms with E-state index in [0.717, 1.165) is 13.0 Å². The third kappa shape index (κ3) is 3.19. The highest BCUT2D eigenvalue weighted by atomic mass is 19.4. The molecule has 2 atom stereocenters. The number of alkyl halides is 3. The number of hydrogen-bond donors (Lipinski definition) is 1. The van der Waals surface area contributed by atoms with Crippen LogP contribution in [0.1, 0.15) is 6.42 Å². The molecule has 0 aromatic heterocycles. The number of fused-ring (bicyclic) bond motifs is 1. The third-order valence-corrected chi connectivity index (χ3v) is 4.20. The maximum Gasteiger partial charge on any atom is 0.422 e. The molecule has 3 rings (SSSR count). The smallest absolute Gasteiger partial charge is 0.422 e. The highest BCUT2D eigenvalue weighted by Crippen LogP contribution is 2.31. The van der Waals surface area contributed by atoms with Crippen LogP contribution in [0.15, 0.2) is 24.3 Å². The molecule has 0 spiro atoms. The van der Waals surface area contributed by atoms with Crippen LogP contribution in [-0.4, -0.2) is 38.3 Å². The van der Waals surface area contributed by atoms with E-state index in [1.54, 1.807) is 17.0 Å². The van der Waals surface area contributed by atoms with Gasteiger partial charge in [0.1, 0.15) is 5.75 Å². The lowest BCUT2D eigenvalue weighted by molar-refractivity contribution is -0.153. The van der Waals surface area contributed by atoms with E-state index in [-0.39, 0.29) is 17.6 Å². The predicted octanol–water partition coefficient (Wildman–Crippen LogP) is 2.20. The van der Waals surface area contributed by atoms with Gasteiger partial charge in [0.2, 0.25) is 5.91 Å². The van der Waals surface area contributed by atoms with Crippen LogP contribution in [-0.2, 0) is 4.79 Å². The molecule has 4 nitrogen and oxygen atoms in total. The molecule has 2 saturated heterocycles. The van der Waals surface area contributed by atoms with Crippen LogP contribution >= 0.6 is 0 Å². The lowest BCUT2D eigenvalue weighted by Crippen LogP contribution is -2.45. The number of carbonyl (C=O) groups is 1. The van der Waals surface area contributed by atoms with E-state index >= 15 is 0 Å². The molecule has 0 radical (unpaired) electrons. The second kappa shape index (κ2) is 5.79. The van der Waals surface area contributed by atoms with Crippen LogP contribution < -0.4 is 15.0 Å². The first kappa shape index (κ1) is 15.1. The summed E-state index contributed by atoms with van der Waals surface area (Å²) in [6.45, 7) is 0.913. The average Bonchev–Trinajstić information content (AvgIpc) is 2.95. The third-order valence-electron chi connectivity index (χ3n) is 4.20. The number of hydrogen-bond acceptors (Lipinski definition) is 3. The summed E-state index contributed by atoms with van der Waals surface area (Å²) in [6, 6.07) is 6.19. The van der Waals surface area contributed by atoms with Gasteiger partial charge in [-0.05, 0) is 43.1 Å². The second-order valence-electron chi connectivity index (χ2n) is 5.70. The van der Waals surface area contributed by atoms with Gasteiger partial charge >= 0.3 is 6.18 Å². The molecule has 1 unspecified atom stereocenters. The molecular weight excluding hydrogens is 297 g/mol. The Kier molecular flexibility index (Phi) is 3.99. The van der Waals surface area contributed by atoms with Gasteiger partial charge < -0.3 is 15.0 Å². The van der Waals surface area contributed by atoms with Crippen molar-refractivity contribution in [2.75, 3.05) is 31.1 Å². The summed E-state index contributed by atoms with van der Waals surface area (Å²) in [5.41, 5.74) is 0.703. The number of nitrogens with one attached hydrogen (secondary N) is 1. The highest BCUT2D eigenvalue weighted by Gasteiger charge is 2.39.